The third-order valence-electron chi connectivity index (χ3n) is 11.1. The summed E-state index contributed by atoms with van der Waals surface area (Å²) in [6, 6.07) is 15.2. The number of alkyl carbamates (subject to hydrolysis) is 2. The van der Waals surface area contributed by atoms with Crippen LogP contribution < -0.4 is 10.6 Å². The molecule has 1 aliphatic carbocycles. The van der Waals surface area contributed by atoms with Crippen LogP contribution in [0.15, 0.2) is 60.9 Å². The first-order chi connectivity index (χ1) is 26.5. The van der Waals surface area contributed by atoms with E-state index in [0.717, 1.165) is 77.4 Å². The molecule has 13 heteroatoms. The summed E-state index contributed by atoms with van der Waals surface area (Å²) in [7, 11) is 2.60. The number of aromatic nitrogens is 4. The van der Waals surface area contributed by atoms with Crippen LogP contribution in [-0.4, -0.2) is 81.6 Å². The van der Waals surface area contributed by atoms with Crippen molar-refractivity contribution in [2.45, 2.75) is 90.3 Å². The smallest absolute Gasteiger partial charge is 0.407 e. The first-order valence-electron chi connectivity index (χ1n) is 19.3. The van der Waals surface area contributed by atoms with E-state index in [0.29, 0.717) is 13.0 Å². The third kappa shape index (κ3) is 8.92. The average Bonchev–Trinajstić information content (AvgIpc) is 4.02. The Morgan fingerprint density at radius 1 is 0.709 bits per heavy atom. The third-order valence-corrected chi connectivity index (χ3v) is 11.1. The average molecular weight is 752 g/mol. The van der Waals surface area contributed by atoms with Crippen molar-refractivity contribution in [3.8, 4) is 33.6 Å². The van der Waals surface area contributed by atoms with Gasteiger partial charge in [0.25, 0.3) is 0 Å². The first-order valence-corrected chi connectivity index (χ1v) is 19.3. The van der Waals surface area contributed by atoms with Gasteiger partial charge >= 0.3 is 12.2 Å². The van der Waals surface area contributed by atoms with Crippen molar-refractivity contribution in [3.05, 3.63) is 72.6 Å². The second-order valence-corrected chi connectivity index (χ2v) is 15.4. The maximum absolute atomic E-state index is 13.5. The molecule has 2 aliphatic rings. The fraction of sp³-hybridized carbons (Fsp3) is 0.476. The highest BCUT2D eigenvalue weighted by atomic mass is 16.5. The maximum Gasteiger partial charge on any atom is 0.407 e. The molecule has 5 atom stereocenters. The van der Waals surface area contributed by atoms with Gasteiger partial charge in [0.1, 0.15) is 17.7 Å². The van der Waals surface area contributed by atoms with Gasteiger partial charge in [-0.2, -0.15) is 0 Å². The Labute approximate surface area is 322 Å². The molecule has 2 aromatic heterocycles. The first kappa shape index (κ1) is 39.2. The largest absolute Gasteiger partial charge is 0.453 e. The zero-order chi connectivity index (χ0) is 39.2. The summed E-state index contributed by atoms with van der Waals surface area (Å²) in [5.41, 5.74) is 5.96. The van der Waals surface area contributed by atoms with Crippen LogP contribution >= 0.6 is 0 Å². The van der Waals surface area contributed by atoms with E-state index in [1.165, 1.54) is 14.2 Å². The molecule has 292 valence electrons. The van der Waals surface area contributed by atoms with Crippen molar-refractivity contribution >= 4 is 23.9 Å². The summed E-state index contributed by atoms with van der Waals surface area (Å²) in [5.74, 6) is 1.69. The lowest BCUT2D eigenvalue weighted by Crippen LogP contribution is -2.51. The number of carbonyl (C=O) groups excluding carboxylic acids is 4. The molecule has 0 unspecified atom stereocenters. The van der Waals surface area contributed by atoms with E-state index >= 15 is 0 Å². The van der Waals surface area contributed by atoms with Crippen molar-refractivity contribution in [1.29, 1.82) is 0 Å². The number of carbonyl (C=O) groups is 4. The minimum Gasteiger partial charge on any atom is -0.453 e. The predicted octanol–water partition coefficient (Wildman–Crippen LogP) is 7.40. The molecule has 3 amide bonds. The number of H-pyrrole nitrogens is 2. The SMILES string of the molecule is COC(=O)N[C@H](C(=O)C[C@@H]1CCC[C@H]1c1ncc(-c2ccc(-c3ccc(-c4cnc([C@@H]5CCCN5C(=O)[C@@H](NC(=O)OC)C(C)C)[nH]4)cc3)cc2)[nH]1)C(C)C. The normalized spacial score (nSPS) is 19.3. The summed E-state index contributed by atoms with van der Waals surface area (Å²) in [5, 5.41) is 5.41. The van der Waals surface area contributed by atoms with Gasteiger partial charge in [0.05, 0.1) is 50.1 Å². The van der Waals surface area contributed by atoms with Gasteiger partial charge in [0.2, 0.25) is 5.91 Å². The molecule has 6 rings (SSSR count). The van der Waals surface area contributed by atoms with E-state index in [1.807, 2.05) is 45.0 Å². The van der Waals surface area contributed by atoms with Crippen LogP contribution in [0.4, 0.5) is 9.59 Å². The second-order valence-electron chi connectivity index (χ2n) is 15.4. The number of ketones is 1. The number of nitrogens with one attached hydrogen (secondary N) is 4. The van der Waals surface area contributed by atoms with Crippen LogP contribution in [0.5, 0.6) is 0 Å². The monoisotopic (exact) mass is 751 g/mol. The topological polar surface area (TPSA) is 171 Å². The minimum atomic E-state index is -0.683. The van der Waals surface area contributed by atoms with E-state index in [1.54, 1.807) is 0 Å². The van der Waals surface area contributed by atoms with E-state index in [2.05, 4.69) is 74.1 Å². The van der Waals surface area contributed by atoms with Crippen LogP contribution in [0.3, 0.4) is 0 Å². The highest BCUT2D eigenvalue weighted by Crippen LogP contribution is 2.41. The summed E-state index contributed by atoms with van der Waals surface area (Å²) in [4.78, 5) is 68.8. The number of Topliss-reactive ketones (excluding diaryl/α,β-unsaturated/α-hetero) is 1. The minimum absolute atomic E-state index is 0.0263. The number of likely N-dealkylation sites (tertiary alicyclic amines) is 1. The van der Waals surface area contributed by atoms with Gasteiger partial charge in [-0.05, 0) is 65.7 Å². The Balaban J connectivity index is 1.09. The predicted molar refractivity (Wildman–Crippen MR) is 209 cm³/mol. The standard InChI is InChI=1S/C42H53N7O6/c1-24(2)36(47-41(52)54-5)35(50)21-30-9-7-10-31(30)38-43-22-32(45-38)28-16-12-26(13-17-28)27-14-18-29(19-15-27)33-23-44-39(46-33)34-11-8-20-49(34)40(51)37(25(3)4)48-42(53)55-6/h12-19,22-25,30-31,34,36-37H,7-11,20-21H2,1-6H3,(H,43,45)(H,44,46)(H,47,52)(H,48,53)/t30-,31+,34-,36-,37-/m0/s1. The molecule has 1 saturated carbocycles. The Hall–Kier alpha value is -5.46. The molecule has 0 bridgehead atoms. The summed E-state index contributed by atoms with van der Waals surface area (Å²) < 4.78 is 9.50. The molecule has 0 spiro atoms. The molecule has 2 aromatic carbocycles. The molecular formula is C42H53N7O6. The molecule has 0 radical (unpaired) electrons. The van der Waals surface area contributed by atoms with Crippen molar-refractivity contribution in [2.75, 3.05) is 20.8 Å². The molecule has 55 heavy (non-hydrogen) atoms. The van der Waals surface area contributed by atoms with Gasteiger partial charge in [0.15, 0.2) is 5.78 Å². The van der Waals surface area contributed by atoms with E-state index in [-0.39, 0.29) is 41.4 Å². The lowest BCUT2D eigenvalue weighted by atomic mass is 9.86. The molecule has 3 heterocycles. The Morgan fingerprint density at radius 3 is 1.76 bits per heavy atom. The highest BCUT2D eigenvalue weighted by molar-refractivity contribution is 5.88. The molecule has 13 nitrogen and oxygen atoms in total. The number of rotatable bonds is 13. The van der Waals surface area contributed by atoms with Crippen LogP contribution in [0, 0.1) is 17.8 Å². The van der Waals surface area contributed by atoms with Crippen LogP contribution in [0.2, 0.25) is 0 Å². The second kappa shape index (κ2) is 17.3. The summed E-state index contributed by atoms with van der Waals surface area (Å²) in [6.45, 7) is 8.26. The fourth-order valence-electron chi connectivity index (χ4n) is 8.03. The number of aromatic amines is 2. The molecule has 1 aliphatic heterocycles. The van der Waals surface area contributed by atoms with Crippen LogP contribution in [0.1, 0.15) is 89.8 Å². The number of benzene rings is 2. The number of hydrogen-bond acceptors (Lipinski definition) is 8. The lowest BCUT2D eigenvalue weighted by Gasteiger charge is -2.30. The molecule has 4 N–H and O–H groups in total. The van der Waals surface area contributed by atoms with Crippen LogP contribution in [0.25, 0.3) is 33.6 Å². The zero-order valence-electron chi connectivity index (χ0n) is 32.6. The summed E-state index contributed by atoms with van der Waals surface area (Å²) >= 11 is 0. The van der Waals surface area contributed by atoms with Gasteiger partial charge in [0, 0.05) is 18.9 Å². The molecule has 2 fully saturated rings. The van der Waals surface area contributed by atoms with Crippen molar-refractivity contribution in [2.24, 2.45) is 17.8 Å². The Kier molecular flexibility index (Phi) is 12.4. The van der Waals surface area contributed by atoms with E-state index < -0.39 is 24.3 Å². The van der Waals surface area contributed by atoms with Crippen molar-refractivity contribution < 1.29 is 28.7 Å². The van der Waals surface area contributed by atoms with Crippen LogP contribution in [-0.2, 0) is 19.1 Å². The Morgan fingerprint density at radius 2 is 1.22 bits per heavy atom. The summed E-state index contributed by atoms with van der Waals surface area (Å²) in [6.07, 6.45) is 7.43. The van der Waals surface area contributed by atoms with Gasteiger partial charge in [-0.15, -0.1) is 0 Å². The van der Waals surface area contributed by atoms with Gasteiger partial charge in [-0.3, -0.25) is 9.59 Å². The number of ether oxygens (including phenoxy) is 2. The van der Waals surface area contributed by atoms with Crippen molar-refractivity contribution in [3.63, 3.8) is 0 Å². The highest BCUT2D eigenvalue weighted by Gasteiger charge is 2.38. The van der Waals surface area contributed by atoms with Gasteiger partial charge in [-0.1, -0.05) is 82.6 Å². The lowest BCUT2D eigenvalue weighted by molar-refractivity contribution is -0.135. The number of amides is 3. The zero-order valence-corrected chi connectivity index (χ0v) is 32.6. The molecular weight excluding hydrogens is 699 g/mol. The van der Waals surface area contributed by atoms with Gasteiger partial charge < -0.3 is 35.0 Å². The number of nitrogens with zero attached hydrogens (tertiary/aromatic N) is 3. The maximum atomic E-state index is 13.5. The van der Waals surface area contributed by atoms with Crippen molar-refractivity contribution in [1.82, 2.24) is 35.5 Å². The number of hydrogen-bond donors (Lipinski definition) is 4. The molecule has 1 saturated heterocycles. The molecule has 4 aromatic rings. The number of imidazole rings is 2. The van der Waals surface area contributed by atoms with E-state index in [4.69, 9.17) is 14.5 Å². The Bertz CT molecular complexity index is 1950. The van der Waals surface area contributed by atoms with Gasteiger partial charge in [-0.25, -0.2) is 19.6 Å². The van der Waals surface area contributed by atoms with E-state index in [9.17, 15) is 19.2 Å². The number of methoxy groups -OCH3 is 2. The fourth-order valence-corrected chi connectivity index (χ4v) is 8.03. The quantitative estimate of drug-likeness (QED) is 0.109.